The molecule has 1 unspecified atom stereocenters. The van der Waals surface area contributed by atoms with Crippen LogP contribution in [0.3, 0.4) is 0 Å². The van der Waals surface area contributed by atoms with Gasteiger partial charge in [0.2, 0.25) is 5.75 Å². The molecule has 0 heterocycles. The highest BCUT2D eigenvalue weighted by molar-refractivity contribution is 5.57. The SMILES string of the molecule is COc1ccc(C(O)C2(C#N)CCCC2)c(OC)c1OC. The van der Waals surface area contributed by atoms with E-state index in [2.05, 4.69) is 6.07 Å². The van der Waals surface area contributed by atoms with E-state index in [1.165, 1.54) is 14.2 Å². The van der Waals surface area contributed by atoms with Crippen molar-refractivity contribution in [1.29, 1.82) is 5.26 Å². The molecule has 1 fully saturated rings. The zero-order valence-electron chi connectivity index (χ0n) is 12.7. The van der Waals surface area contributed by atoms with Gasteiger partial charge in [0.05, 0.1) is 32.8 Å². The molecule has 5 nitrogen and oxygen atoms in total. The fraction of sp³-hybridized carbons (Fsp3) is 0.562. The number of aliphatic hydroxyl groups is 1. The molecule has 1 atom stereocenters. The summed E-state index contributed by atoms with van der Waals surface area (Å²) in [6.45, 7) is 0. The second-order valence-corrected chi connectivity index (χ2v) is 5.30. The number of hydrogen-bond donors (Lipinski definition) is 1. The average molecular weight is 291 g/mol. The fourth-order valence-corrected chi connectivity index (χ4v) is 3.09. The number of nitrogens with zero attached hydrogens (tertiary/aromatic N) is 1. The van der Waals surface area contributed by atoms with Crippen LogP contribution in [-0.2, 0) is 0 Å². The van der Waals surface area contributed by atoms with E-state index in [1.54, 1.807) is 19.2 Å². The molecule has 1 N–H and O–H groups in total. The van der Waals surface area contributed by atoms with E-state index in [0.717, 1.165) is 12.8 Å². The zero-order chi connectivity index (χ0) is 15.5. The maximum atomic E-state index is 10.8. The Bertz CT molecular complexity index is 544. The fourth-order valence-electron chi connectivity index (χ4n) is 3.09. The lowest BCUT2D eigenvalue weighted by Gasteiger charge is -2.29. The van der Waals surface area contributed by atoms with Crippen LogP contribution in [0.2, 0.25) is 0 Å². The van der Waals surface area contributed by atoms with Gasteiger partial charge in [-0.2, -0.15) is 5.26 Å². The van der Waals surface area contributed by atoms with Crippen molar-refractivity contribution in [2.45, 2.75) is 31.8 Å². The summed E-state index contributed by atoms with van der Waals surface area (Å²) < 4.78 is 16.0. The molecular weight excluding hydrogens is 270 g/mol. The van der Waals surface area contributed by atoms with Crippen LogP contribution in [-0.4, -0.2) is 26.4 Å². The van der Waals surface area contributed by atoms with Gasteiger partial charge in [-0.15, -0.1) is 0 Å². The van der Waals surface area contributed by atoms with Gasteiger partial charge in [-0.25, -0.2) is 0 Å². The first kappa shape index (κ1) is 15.5. The molecule has 1 aromatic rings. The minimum Gasteiger partial charge on any atom is -0.493 e. The van der Waals surface area contributed by atoms with Crippen LogP contribution in [0.15, 0.2) is 12.1 Å². The number of methoxy groups -OCH3 is 3. The maximum absolute atomic E-state index is 10.8. The molecule has 1 aromatic carbocycles. The third-order valence-electron chi connectivity index (χ3n) is 4.27. The minimum absolute atomic E-state index is 0.422. The second kappa shape index (κ2) is 6.23. The molecule has 1 aliphatic carbocycles. The van der Waals surface area contributed by atoms with Gasteiger partial charge in [-0.3, -0.25) is 0 Å². The summed E-state index contributed by atoms with van der Waals surface area (Å²) in [5.74, 6) is 1.39. The number of hydrogen-bond acceptors (Lipinski definition) is 5. The first-order valence-electron chi connectivity index (χ1n) is 7.01. The Morgan fingerprint density at radius 3 is 2.19 bits per heavy atom. The lowest BCUT2D eigenvalue weighted by molar-refractivity contribution is 0.0643. The summed E-state index contributed by atoms with van der Waals surface area (Å²) in [6, 6.07) is 5.78. The third-order valence-corrected chi connectivity index (χ3v) is 4.27. The topological polar surface area (TPSA) is 71.7 Å². The zero-order valence-corrected chi connectivity index (χ0v) is 12.7. The highest BCUT2D eigenvalue weighted by Gasteiger charge is 2.43. The lowest BCUT2D eigenvalue weighted by Crippen LogP contribution is -2.24. The van der Waals surface area contributed by atoms with Gasteiger partial charge in [0.15, 0.2) is 11.5 Å². The molecule has 114 valence electrons. The Labute approximate surface area is 125 Å². The Morgan fingerprint density at radius 1 is 1.10 bits per heavy atom. The van der Waals surface area contributed by atoms with Crippen molar-refractivity contribution in [2.24, 2.45) is 5.41 Å². The summed E-state index contributed by atoms with van der Waals surface area (Å²) >= 11 is 0. The molecule has 1 aliphatic rings. The van der Waals surface area contributed by atoms with Gasteiger partial charge in [0.1, 0.15) is 6.10 Å². The van der Waals surface area contributed by atoms with Crippen molar-refractivity contribution >= 4 is 0 Å². The van der Waals surface area contributed by atoms with Crippen molar-refractivity contribution in [3.8, 4) is 23.3 Å². The lowest BCUT2D eigenvalue weighted by atomic mass is 9.78. The van der Waals surface area contributed by atoms with Gasteiger partial charge >= 0.3 is 0 Å². The van der Waals surface area contributed by atoms with Crippen LogP contribution in [0.25, 0.3) is 0 Å². The molecular formula is C16H21NO4. The summed E-state index contributed by atoms with van der Waals surface area (Å²) in [5.41, 5.74) is -0.175. The van der Waals surface area contributed by atoms with Crippen LogP contribution < -0.4 is 14.2 Å². The molecule has 0 amide bonds. The van der Waals surface area contributed by atoms with Gasteiger partial charge < -0.3 is 19.3 Å². The van der Waals surface area contributed by atoms with E-state index in [0.29, 0.717) is 35.7 Å². The van der Waals surface area contributed by atoms with Crippen LogP contribution in [0.4, 0.5) is 0 Å². The number of rotatable bonds is 5. The highest BCUT2D eigenvalue weighted by Crippen LogP contribution is 2.51. The average Bonchev–Trinajstić information content (AvgIpc) is 3.02. The van der Waals surface area contributed by atoms with Gasteiger partial charge in [0, 0.05) is 5.56 Å². The maximum Gasteiger partial charge on any atom is 0.203 e. The molecule has 0 spiro atoms. The Balaban J connectivity index is 2.51. The third kappa shape index (κ3) is 2.52. The smallest absolute Gasteiger partial charge is 0.203 e. The quantitative estimate of drug-likeness (QED) is 0.903. The summed E-state index contributed by atoms with van der Waals surface area (Å²) in [4.78, 5) is 0. The summed E-state index contributed by atoms with van der Waals surface area (Å²) in [6.07, 6.45) is 2.41. The van der Waals surface area contributed by atoms with Crippen LogP contribution >= 0.6 is 0 Å². The van der Waals surface area contributed by atoms with Crippen molar-refractivity contribution in [1.82, 2.24) is 0 Å². The second-order valence-electron chi connectivity index (χ2n) is 5.30. The van der Waals surface area contributed by atoms with E-state index in [-0.39, 0.29) is 0 Å². The van der Waals surface area contributed by atoms with Crippen molar-refractivity contribution < 1.29 is 19.3 Å². The predicted octanol–water partition coefficient (Wildman–Crippen LogP) is 2.83. The molecule has 0 aromatic heterocycles. The molecule has 0 radical (unpaired) electrons. The van der Waals surface area contributed by atoms with Gasteiger partial charge in [-0.1, -0.05) is 12.8 Å². The predicted molar refractivity (Wildman–Crippen MR) is 77.6 cm³/mol. The number of aliphatic hydroxyl groups excluding tert-OH is 1. The standard InChI is InChI=1S/C16H21NO4/c1-19-12-7-6-11(13(20-2)14(12)21-3)15(18)16(10-17)8-4-5-9-16/h6-7,15,18H,4-5,8-9H2,1-3H3. The normalized spacial score (nSPS) is 17.9. The van der Waals surface area contributed by atoms with Crippen LogP contribution in [0.1, 0.15) is 37.4 Å². The largest absolute Gasteiger partial charge is 0.493 e. The Hall–Kier alpha value is -1.93. The molecule has 0 bridgehead atoms. The van der Waals surface area contributed by atoms with E-state index in [9.17, 15) is 10.4 Å². The summed E-state index contributed by atoms with van der Waals surface area (Å²) in [7, 11) is 4.58. The Morgan fingerprint density at radius 2 is 1.71 bits per heavy atom. The molecule has 2 rings (SSSR count). The van der Waals surface area contributed by atoms with Crippen LogP contribution in [0, 0.1) is 16.7 Å². The summed E-state index contributed by atoms with van der Waals surface area (Å²) in [5, 5.41) is 20.3. The molecule has 5 heteroatoms. The van der Waals surface area contributed by atoms with Gasteiger partial charge in [-0.05, 0) is 25.0 Å². The highest BCUT2D eigenvalue weighted by atomic mass is 16.5. The molecule has 21 heavy (non-hydrogen) atoms. The van der Waals surface area contributed by atoms with Crippen LogP contribution in [0.5, 0.6) is 17.2 Å². The molecule has 1 saturated carbocycles. The first-order valence-corrected chi connectivity index (χ1v) is 7.01. The monoisotopic (exact) mass is 291 g/mol. The van der Waals surface area contributed by atoms with Crippen molar-refractivity contribution in [2.75, 3.05) is 21.3 Å². The molecule has 0 aliphatic heterocycles. The number of benzene rings is 1. The first-order chi connectivity index (χ1) is 10.1. The van der Waals surface area contributed by atoms with E-state index < -0.39 is 11.5 Å². The van der Waals surface area contributed by atoms with E-state index >= 15 is 0 Å². The number of nitriles is 1. The van der Waals surface area contributed by atoms with E-state index in [1.807, 2.05) is 0 Å². The Kier molecular flexibility index (Phi) is 4.59. The van der Waals surface area contributed by atoms with E-state index in [4.69, 9.17) is 14.2 Å². The molecule has 0 saturated heterocycles. The van der Waals surface area contributed by atoms with Gasteiger partial charge in [0.25, 0.3) is 0 Å². The number of ether oxygens (including phenoxy) is 3. The minimum atomic E-state index is -0.903. The van der Waals surface area contributed by atoms with Crippen molar-refractivity contribution in [3.63, 3.8) is 0 Å². The van der Waals surface area contributed by atoms with Crippen molar-refractivity contribution in [3.05, 3.63) is 17.7 Å².